The predicted octanol–water partition coefficient (Wildman–Crippen LogP) is 4.57. The number of hydrogen-bond acceptors (Lipinski definition) is 7. The summed E-state index contributed by atoms with van der Waals surface area (Å²) in [5, 5.41) is 3.10. The molecule has 3 aromatic carbocycles. The van der Waals surface area contributed by atoms with E-state index < -0.39 is 21.8 Å². The maximum Gasteiger partial charge on any atom is 0.416 e. The van der Waals surface area contributed by atoms with Gasteiger partial charge in [0.25, 0.3) is 15.9 Å². The molecular weight excluding hydrogens is 573 g/mol. The molecular formula is C29H33F3N4O5S. The monoisotopic (exact) mass is 606 g/mol. The lowest BCUT2D eigenvalue weighted by atomic mass is 10.1. The van der Waals surface area contributed by atoms with Gasteiger partial charge in [0.15, 0.2) is 11.5 Å². The number of rotatable bonds is 10. The van der Waals surface area contributed by atoms with Gasteiger partial charge in [0.1, 0.15) is 4.90 Å². The fourth-order valence-electron chi connectivity index (χ4n) is 4.56. The Kier molecular flexibility index (Phi) is 9.52. The number of hydrogen-bond donors (Lipinski definition) is 2. The minimum absolute atomic E-state index is 0.161. The van der Waals surface area contributed by atoms with E-state index in [1.54, 1.807) is 17.0 Å². The summed E-state index contributed by atoms with van der Waals surface area (Å²) in [5.41, 5.74) is 0.0136. The number of piperazine rings is 1. The smallest absolute Gasteiger partial charge is 0.416 e. The number of halogens is 3. The van der Waals surface area contributed by atoms with E-state index in [2.05, 4.69) is 14.9 Å². The molecule has 13 heteroatoms. The van der Waals surface area contributed by atoms with Crippen LogP contribution in [0.1, 0.15) is 21.5 Å². The van der Waals surface area contributed by atoms with Crippen LogP contribution in [0.3, 0.4) is 0 Å². The van der Waals surface area contributed by atoms with Crippen molar-refractivity contribution in [1.82, 2.24) is 9.80 Å². The van der Waals surface area contributed by atoms with Crippen molar-refractivity contribution in [2.45, 2.75) is 17.5 Å². The van der Waals surface area contributed by atoms with Crippen molar-refractivity contribution in [3.63, 3.8) is 0 Å². The van der Waals surface area contributed by atoms with Crippen LogP contribution < -0.4 is 19.5 Å². The first-order valence-corrected chi connectivity index (χ1v) is 14.7. The van der Waals surface area contributed by atoms with Gasteiger partial charge in [-0.2, -0.15) is 13.2 Å². The number of carbonyl (C=O) groups is 1. The number of carbonyl (C=O) groups excluding carboxylic acids is 1. The molecule has 1 amide bonds. The number of nitrogens with one attached hydrogen (secondary N) is 2. The summed E-state index contributed by atoms with van der Waals surface area (Å²) in [5.74, 6) is 0.801. The summed E-state index contributed by atoms with van der Waals surface area (Å²) in [4.78, 5) is 16.7. The summed E-state index contributed by atoms with van der Waals surface area (Å²) in [6, 6.07) is 13.7. The molecule has 1 fully saturated rings. The van der Waals surface area contributed by atoms with Gasteiger partial charge < -0.3 is 24.6 Å². The van der Waals surface area contributed by atoms with Gasteiger partial charge in [0.05, 0.1) is 25.5 Å². The minimum atomic E-state index is -4.65. The highest BCUT2D eigenvalue weighted by Gasteiger charge is 2.31. The molecule has 0 atom stereocenters. The molecule has 42 heavy (non-hydrogen) atoms. The largest absolute Gasteiger partial charge is 0.493 e. The molecule has 0 unspecified atom stereocenters. The number of likely N-dealkylation sites (N-methyl/N-ethyl adjacent to an activating group) is 1. The number of anilines is 2. The van der Waals surface area contributed by atoms with Gasteiger partial charge in [0, 0.05) is 44.0 Å². The Bertz CT molecular complexity index is 1520. The van der Waals surface area contributed by atoms with Crippen LogP contribution in [0.2, 0.25) is 0 Å². The van der Waals surface area contributed by atoms with Crippen LogP contribution in [0.4, 0.5) is 24.5 Å². The first-order valence-electron chi connectivity index (χ1n) is 13.2. The van der Waals surface area contributed by atoms with Crippen LogP contribution in [-0.4, -0.2) is 78.1 Å². The van der Waals surface area contributed by atoms with Gasteiger partial charge in [-0.25, -0.2) is 8.42 Å². The molecule has 1 heterocycles. The van der Waals surface area contributed by atoms with E-state index in [0.29, 0.717) is 50.6 Å². The third-order valence-corrected chi connectivity index (χ3v) is 8.35. The van der Waals surface area contributed by atoms with Crippen LogP contribution >= 0.6 is 0 Å². The summed E-state index contributed by atoms with van der Waals surface area (Å²) >= 11 is 0. The molecule has 0 bridgehead atoms. The van der Waals surface area contributed by atoms with E-state index in [1.165, 1.54) is 32.4 Å². The first-order chi connectivity index (χ1) is 19.9. The van der Waals surface area contributed by atoms with E-state index in [0.717, 1.165) is 23.8 Å². The van der Waals surface area contributed by atoms with Crippen molar-refractivity contribution in [2.24, 2.45) is 0 Å². The Balaban J connectivity index is 1.62. The van der Waals surface area contributed by atoms with Crippen LogP contribution in [0, 0.1) is 0 Å². The van der Waals surface area contributed by atoms with Gasteiger partial charge in [0.2, 0.25) is 0 Å². The molecule has 1 saturated heterocycles. The van der Waals surface area contributed by atoms with Crippen molar-refractivity contribution in [3.8, 4) is 11.5 Å². The summed E-state index contributed by atoms with van der Waals surface area (Å²) < 4.78 is 79.7. The Morgan fingerprint density at radius 2 is 1.64 bits per heavy atom. The normalized spacial score (nSPS) is 14.4. The Morgan fingerprint density at radius 1 is 0.929 bits per heavy atom. The summed E-state index contributed by atoms with van der Waals surface area (Å²) in [7, 11) is 0.602. The number of methoxy groups -OCH3 is 2. The number of benzene rings is 3. The van der Waals surface area contributed by atoms with Gasteiger partial charge in [-0.15, -0.1) is 0 Å². The fraction of sp³-hybridized carbons (Fsp3) is 0.345. The van der Waals surface area contributed by atoms with Crippen LogP contribution in [0.15, 0.2) is 65.6 Å². The molecule has 1 aliphatic heterocycles. The zero-order chi connectivity index (χ0) is 30.5. The molecule has 1 aliphatic rings. The second kappa shape index (κ2) is 12.9. The van der Waals surface area contributed by atoms with Crippen LogP contribution in [-0.2, 0) is 22.6 Å². The highest BCUT2D eigenvalue weighted by molar-refractivity contribution is 7.92. The summed E-state index contributed by atoms with van der Waals surface area (Å²) in [6.45, 7) is 2.66. The number of sulfonamides is 1. The van der Waals surface area contributed by atoms with Gasteiger partial charge in [-0.1, -0.05) is 12.1 Å². The minimum Gasteiger partial charge on any atom is -0.493 e. The highest BCUT2D eigenvalue weighted by atomic mass is 32.2. The second-order valence-electron chi connectivity index (χ2n) is 9.86. The van der Waals surface area contributed by atoms with Crippen molar-refractivity contribution >= 4 is 27.3 Å². The standard InChI is InChI=1S/C29H33F3N4O5S/c1-35-13-15-36(16-14-35)28(37)21-8-9-24(33-12-11-20-7-10-25(40-2)26(17-20)41-3)27(18-21)42(38,39)34-23-6-4-5-22(19-23)29(30,31)32/h4-10,17-19,33-34H,11-16H2,1-3H3. The predicted molar refractivity (Wildman–Crippen MR) is 154 cm³/mol. The average molecular weight is 607 g/mol. The van der Waals surface area contributed by atoms with Crippen molar-refractivity contribution in [3.05, 3.63) is 77.4 Å². The number of amides is 1. The molecule has 0 aliphatic carbocycles. The maximum atomic E-state index is 13.6. The third kappa shape index (κ3) is 7.45. The van der Waals surface area contributed by atoms with E-state index in [-0.39, 0.29) is 27.7 Å². The molecule has 0 saturated carbocycles. The fourth-order valence-corrected chi connectivity index (χ4v) is 5.82. The second-order valence-corrected chi connectivity index (χ2v) is 11.5. The molecule has 9 nitrogen and oxygen atoms in total. The molecule has 0 spiro atoms. The van der Waals surface area contributed by atoms with E-state index >= 15 is 0 Å². The zero-order valence-corrected chi connectivity index (χ0v) is 24.3. The van der Waals surface area contributed by atoms with Crippen molar-refractivity contribution in [1.29, 1.82) is 0 Å². The third-order valence-electron chi connectivity index (χ3n) is 6.93. The Hall–Kier alpha value is -3.97. The van der Waals surface area contributed by atoms with Crippen molar-refractivity contribution in [2.75, 3.05) is 64.0 Å². The van der Waals surface area contributed by atoms with Gasteiger partial charge in [-0.3, -0.25) is 9.52 Å². The lowest BCUT2D eigenvalue weighted by Gasteiger charge is -2.32. The SMILES string of the molecule is COc1ccc(CCNc2ccc(C(=O)N3CCN(C)CC3)cc2S(=O)(=O)Nc2cccc(C(F)(F)F)c2)cc1OC. The number of alkyl halides is 3. The Morgan fingerprint density at radius 3 is 2.31 bits per heavy atom. The lowest BCUT2D eigenvalue weighted by molar-refractivity contribution is -0.137. The first kappa shape index (κ1) is 31.0. The van der Waals surface area contributed by atoms with E-state index in [9.17, 15) is 26.4 Å². The maximum absolute atomic E-state index is 13.6. The zero-order valence-electron chi connectivity index (χ0n) is 23.5. The molecule has 3 aromatic rings. The van der Waals surface area contributed by atoms with Crippen LogP contribution in [0.5, 0.6) is 11.5 Å². The van der Waals surface area contributed by atoms with Crippen LogP contribution in [0.25, 0.3) is 0 Å². The topological polar surface area (TPSA) is 100 Å². The van der Waals surface area contributed by atoms with E-state index in [4.69, 9.17) is 9.47 Å². The highest BCUT2D eigenvalue weighted by Crippen LogP contribution is 2.32. The Labute approximate surface area is 243 Å². The molecule has 226 valence electrons. The van der Waals surface area contributed by atoms with Gasteiger partial charge in [-0.05, 0) is 67.6 Å². The summed E-state index contributed by atoms with van der Waals surface area (Å²) in [6.07, 6.45) is -4.16. The van der Waals surface area contributed by atoms with Crippen molar-refractivity contribution < 1.29 is 35.9 Å². The molecule has 0 radical (unpaired) electrons. The quantitative estimate of drug-likeness (QED) is 0.349. The number of nitrogens with zero attached hydrogens (tertiary/aromatic N) is 2. The van der Waals surface area contributed by atoms with Gasteiger partial charge >= 0.3 is 6.18 Å². The molecule has 0 aromatic heterocycles. The lowest BCUT2D eigenvalue weighted by Crippen LogP contribution is -2.47. The molecule has 2 N–H and O–H groups in total. The number of ether oxygens (including phenoxy) is 2. The average Bonchev–Trinajstić information content (AvgIpc) is 2.96. The van der Waals surface area contributed by atoms with E-state index in [1.807, 2.05) is 19.2 Å². The molecule has 4 rings (SSSR count).